The van der Waals surface area contributed by atoms with Crippen LogP contribution in [0.25, 0.3) is 0 Å². The van der Waals surface area contributed by atoms with Crippen LogP contribution in [0, 0.1) is 0 Å². The molecular weight excluding hydrogens is 202 g/mol. The van der Waals surface area contributed by atoms with Gasteiger partial charge < -0.3 is 15.6 Å². The third-order valence-electron chi connectivity index (χ3n) is 2.80. The molecule has 3 N–H and O–H groups in total. The van der Waals surface area contributed by atoms with Crippen molar-refractivity contribution in [2.45, 2.75) is 38.8 Å². The molecule has 0 aliphatic rings. The molecule has 0 saturated carbocycles. The maximum Gasteiger partial charge on any atom is 0.123 e. The van der Waals surface area contributed by atoms with Crippen molar-refractivity contribution in [1.82, 2.24) is 0 Å². The van der Waals surface area contributed by atoms with Gasteiger partial charge in [-0.3, -0.25) is 0 Å². The summed E-state index contributed by atoms with van der Waals surface area (Å²) in [7, 11) is 1.61. The molecule has 1 rings (SSSR count). The normalized spacial score (nSPS) is 14.9. The fourth-order valence-electron chi connectivity index (χ4n) is 1.63. The number of nitrogens with two attached hydrogens (primary N) is 1. The van der Waals surface area contributed by atoms with Crippen molar-refractivity contribution in [3.05, 3.63) is 29.3 Å². The quantitative estimate of drug-likeness (QED) is 0.822. The van der Waals surface area contributed by atoms with Gasteiger partial charge in [0.05, 0.1) is 19.3 Å². The summed E-state index contributed by atoms with van der Waals surface area (Å²) in [6.07, 6.45) is -0.587. The molecular formula is C13H21NO2. The summed E-state index contributed by atoms with van der Waals surface area (Å²) >= 11 is 0. The smallest absolute Gasteiger partial charge is 0.123 e. The second-order valence-corrected chi connectivity index (χ2v) is 4.42. The molecule has 2 unspecified atom stereocenters. The third-order valence-corrected chi connectivity index (χ3v) is 2.80. The topological polar surface area (TPSA) is 55.5 Å². The van der Waals surface area contributed by atoms with Gasteiger partial charge >= 0.3 is 0 Å². The summed E-state index contributed by atoms with van der Waals surface area (Å²) in [5.74, 6) is 1.17. The van der Waals surface area contributed by atoms with E-state index in [1.807, 2.05) is 18.2 Å². The molecule has 3 nitrogen and oxygen atoms in total. The van der Waals surface area contributed by atoms with Gasteiger partial charge in [-0.05, 0) is 24.5 Å². The molecule has 16 heavy (non-hydrogen) atoms. The number of benzene rings is 1. The van der Waals surface area contributed by atoms with E-state index in [2.05, 4.69) is 13.8 Å². The van der Waals surface area contributed by atoms with Crippen LogP contribution in [0.15, 0.2) is 18.2 Å². The molecule has 0 heterocycles. The monoisotopic (exact) mass is 223 g/mol. The van der Waals surface area contributed by atoms with Gasteiger partial charge in [0, 0.05) is 5.56 Å². The number of hydrogen-bond donors (Lipinski definition) is 2. The van der Waals surface area contributed by atoms with Crippen molar-refractivity contribution < 1.29 is 9.84 Å². The van der Waals surface area contributed by atoms with Crippen LogP contribution in [-0.2, 0) is 0 Å². The average molecular weight is 223 g/mol. The number of rotatable bonds is 4. The van der Waals surface area contributed by atoms with Crippen LogP contribution in [0.1, 0.15) is 43.9 Å². The SMILES string of the molecule is COc1ccc(C(C)C)cc1C(N)C(C)O. The van der Waals surface area contributed by atoms with E-state index in [-0.39, 0.29) is 0 Å². The molecule has 0 amide bonds. The first kappa shape index (κ1) is 13.0. The molecule has 3 heteroatoms. The lowest BCUT2D eigenvalue weighted by atomic mass is 9.95. The summed E-state index contributed by atoms with van der Waals surface area (Å²) in [4.78, 5) is 0. The maximum atomic E-state index is 9.54. The van der Waals surface area contributed by atoms with E-state index < -0.39 is 12.1 Å². The van der Waals surface area contributed by atoms with Gasteiger partial charge in [0.1, 0.15) is 5.75 Å². The van der Waals surface area contributed by atoms with E-state index in [1.54, 1.807) is 14.0 Å². The minimum atomic E-state index is -0.587. The molecule has 90 valence electrons. The van der Waals surface area contributed by atoms with Crippen molar-refractivity contribution in [2.24, 2.45) is 5.73 Å². The highest BCUT2D eigenvalue weighted by Crippen LogP contribution is 2.29. The highest BCUT2D eigenvalue weighted by molar-refractivity contribution is 5.40. The van der Waals surface area contributed by atoms with E-state index in [9.17, 15) is 5.11 Å². The van der Waals surface area contributed by atoms with Crippen LogP contribution in [0.3, 0.4) is 0 Å². The molecule has 1 aromatic carbocycles. The first-order valence-electron chi connectivity index (χ1n) is 5.58. The van der Waals surface area contributed by atoms with Gasteiger partial charge in [0.2, 0.25) is 0 Å². The Morgan fingerprint density at radius 2 is 1.88 bits per heavy atom. The zero-order valence-electron chi connectivity index (χ0n) is 10.4. The van der Waals surface area contributed by atoms with E-state index in [0.29, 0.717) is 5.92 Å². The van der Waals surface area contributed by atoms with Crippen molar-refractivity contribution in [3.63, 3.8) is 0 Å². The summed E-state index contributed by atoms with van der Waals surface area (Å²) < 4.78 is 5.26. The number of aliphatic hydroxyl groups excluding tert-OH is 1. The standard InChI is InChI=1S/C13H21NO2/c1-8(2)10-5-6-12(16-4)11(7-10)13(14)9(3)15/h5-9,13,15H,14H2,1-4H3. The minimum absolute atomic E-state index is 0.409. The fraction of sp³-hybridized carbons (Fsp3) is 0.538. The lowest BCUT2D eigenvalue weighted by Gasteiger charge is -2.20. The summed E-state index contributed by atoms with van der Waals surface area (Å²) in [5.41, 5.74) is 8.02. The van der Waals surface area contributed by atoms with Gasteiger partial charge in [0.15, 0.2) is 0 Å². The second-order valence-electron chi connectivity index (χ2n) is 4.42. The Morgan fingerprint density at radius 3 is 2.31 bits per heavy atom. The first-order chi connectivity index (χ1) is 7.47. The number of hydrogen-bond acceptors (Lipinski definition) is 3. The molecule has 0 aliphatic heterocycles. The highest BCUT2D eigenvalue weighted by atomic mass is 16.5. The number of methoxy groups -OCH3 is 1. The van der Waals surface area contributed by atoms with Crippen LogP contribution in [0.2, 0.25) is 0 Å². The zero-order chi connectivity index (χ0) is 12.3. The average Bonchev–Trinajstić information content (AvgIpc) is 2.26. The van der Waals surface area contributed by atoms with Crippen molar-refractivity contribution in [2.75, 3.05) is 7.11 Å². The molecule has 0 fully saturated rings. The Bertz CT molecular complexity index is 348. The molecule has 0 radical (unpaired) electrons. The van der Waals surface area contributed by atoms with E-state index in [1.165, 1.54) is 5.56 Å². The Balaban J connectivity index is 3.16. The first-order valence-corrected chi connectivity index (χ1v) is 5.58. The Hall–Kier alpha value is -1.06. The van der Waals surface area contributed by atoms with Gasteiger partial charge in [-0.25, -0.2) is 0 Å². The fourth-order valence-corrected chi connectivity index (χ4v) is 1.63. The Morgan fingerprint density at radius 1 is 1.25 bits per heavy atom. The molecule has 0 spiro atoms. The van der Waals surface area contributed by atoms with Crippen LogP contribution in [0.5, 0.6) is 5.75 Å². The molecule has 2 atom stereocenters. The maximum absolute atomic E-state index is 9.54. The molecule has 0 saturated heterocycles. The van der Waals surface area contributed by atoms with Gasteiger partial charge in [-0.2, -0.15) is 0 Å². The van der Waals surface area contributed by atoms with Crippen LogP contribution in [0.4, 0.5) is 0 Å². The molecule has 1 aromatic rings. The zero-order valence-corrected chi connectivity index (χ0v) is 10.4. The predicted octanol–water partition coefficient (Wildman–Crippen LogP) is 2.20. The van der Waals surface area contributed by atoms with Crippen LogP contribution >= 0.6 is 0 Å². The Kier molecular flexibility index (Phi) is 4.33. The summed E-state index contributed by atoms with van der Waals surface area (Å²) in [6, 6.07) is 5.55. The summed E-state index contributed by atoms with van der Waals surface area (Å²) in [5, 5.41) is 9.54. The van der Waals surface area contributed by atoms with Crippen molar-refractivity contribution in [3.8, 4) is 5.75 Å². The van der Waals surface area contributed by atoms with E-state index >= 15 is 0 Å². The van der Waals surface area contributed by atoms with Gasteiger partial charge in [-0.15, -0.1) is 0 Å². The molecule has 0 bridgehead atoms. The largest absolute Gasteiger partial charge is 0.496 e. The third kappa shape index (κ3) is 2.74. The van der Waals surface area contributed by atoms with Crippen LogP contribution in [-0.4, -0.2) is 18.3 Å². The minimum Gasteiger partial charge on any atom is -0.496 e. The van der Waals surface area contributed by atoms with Crippen LogP contribution < -0.4 is 10.5 Å². The van der Waals surface area contributed by atoms with Gasteiger partial charge in [0.25, 0.3) is 0 Å². The Labute approximate surface area is 97.2 Å². The van der Waals surface area contributed by atoms with E-state index in [4.69, 9.17) is 10.5 Å². The van der Waals surface area contributed by atoms with E-state index in [0.717, 1.165) is 11.3 Å². The predicted molar refractivity (Wildman–Crippen MR) is 65.7 cm³/mol. The molecule has 0 aromatic heterocycles. The lowest BCUT2D eigenvalue weighted by molar-refractivity contribution is 0.162. The van der Waals surface area contributed by atoms with Gasteiger partial charge in [-0.1, -0.05) is 26.0 Å². The number of aliphatic hydroxyl groups is 1. The highest BCUT2D eigenvalue weighted by Gasteiger charge is 2.17. The van der Waals surface area contributed by atoms with Crippen molar-refractivity contribution in [1.29, 1.82) is 0 Å². The lowest BCUT2D eigenvalue weighted by Crippen LogP contribution is -2.24. The number of ether oxygens (including phenoxy) is 1. The van der Waals surface area contributed by atoms with Crippen molar-refractivity contribution >= 4 is 0 Å². The second kappa shape index (κ2) is 5.32. The molecule has 0 aliphatic carbocycles. The summed E-state index contributed by atoms with van der Waals surface area (Å²) in [6.45, 7) is 5.94.